The molecule has 0 aromatic heterocycles. The third-order valence-electron chi connectivity index (χ3n) is 1.11. The van der Waals surface area contributed by atoms with E-state index in [4.69, 9.17) is 4.84 Å². The molecular weight excluding hydrogens is 152 g/mol. The van der Waals surface area contributed by atoms with Gasteiger partial charge in [0.2, 0.25) is 0 Å². The SMILES string of the molecule is C/C1=C/CO/N=C\CC=N1.C=C. The van der Waals surface area contributed by atoms with Crippen LogP contribution in [0.3, 0.4) is 0 Å². The number of oxime groups is 1. The average Bonchev–Trinajstić information content (AvgIpc) is 2.22. The zero-order valence-corrected chi connectivity index (χ0v) is 7.36. The molecule has 0 aromatic rings. The predicted octanol–water partition coefficient (Wildman–Crippen LogP) is 2.17. The van der Waals surface area contributed by atoms with Gasteiger partial charge < -0.3 is 4.84 Å². The fourth-order valence-electron chi connectivity index (χ4n) is 0.593. The highest BCUT2D eigenvalue weighted by atomic mass is 16.6. The van der Waals surface area contributed by atoms with Gasteiger partial charge in [0.05, 0.1) is 0 Å². The molecule has 3 nitrogen and oxygen atoms in total. The van der Waals surface area contributed by atoms with E-state index in [1.807, 2.05) is 19.2 Å². The number of hydrogen-bond donors (Lipinski definition) is 0. The van der Waals surface area contributed by atoms with Crippen molar-refractivity contribution in [2.24, 2.45) is 10.1 Å². The van der Waals surface area contributed by atoms with E-state index in [2.05, 4.69) is 23.3 Å². The average molecular weight is 166 g/mol. The Balaban J connectivity index is 0.000000561. The largest absolute Gasteiger partial charge is 0.392 e. The summed E-state index contributed by atoms with van der Waals surface area (Å²) < 4.78 is 0. The third kappa shape index (κ3) is 5.41. The smallest absolute Gasteiger partial charge is 0.137 e. The van der Waals surface area contributed by atoms with Crippen LogP contribution in [0.4, 0.5) is 0 Å². The van der Waals surface area contributed by atoms with E-state index in [0.717, 1.165) is 12.1 Å². The molecule has 1 rings (SSSR count). The van der Waals surface area contributed by atoms with Gasteiger partial charge in [-0.05, 0) is 13.0 Å². The Morgan fingerprint density at radius 1 is 1.42 bits per heavy atom. The quantitative estimate of drug-likeness (QED) is 0.508. The standard InChI is InChI=1S/C7H10N2O.C2H4/c1-7-3-6-10-9-5-2-4-8-7;1-2/h3-5H,2,6H2,1H3;1-2H2/b7-3-,8-4?,9-5-;. The lowest BCUT2D eigenvalue weighted by Crippen LogP contribution is -1.82. The first-order valence-corrected chi connectivity index (χ1v) is 3.72. The lowest BCUT2D eigenvalue weighted by Gasteiger charge is -1.90. The van der Waals surface area contributed by atoms with Gasteiger partial charge in [0.1, 0.15) is 6.61 Å². The summed E-state index contributed by atoms with van der Waals surface area (Å²) in [5.74, 6) is 0. The lowest BCUT2D eigenvalue weighted by atomic mass is 10.4. The van der Waals surface area contributed by atoms with Gasteiger partial charge in [-0.25, -0.2) is 0 Å². The molecule has 1 heterocycles. The Morgan fingerprint density at radius 2 is 2.17 bits per heavy atom. The molecule has 12 heavy (non-hydrogen) atoms. The van der Waals surface area contributed by atoms with E-state index in [0.29, 0.717) is 6.61 Å². The highest BCUT2D eigenvalue weighted by Crippen LogP contribution is 1.95. The second-order valence-corrected chi connectivity index (χ2v) is 1.98. The molecule has 0 saturated carbocycles. The summed E-state index contributed by atoms with van der Waals surface area (Å²) in [6.45, 7) is 8.45. The van der Waals surface area contributed by atoms with Crippen LogP contribution in [0.5, 0.6) is 0 Å². The maximum atomic E-state index is 4.84. The summed E-state index contributed by atoms with van der Waals surface area (Å²) in [6.07, 6.45) is 6.13. The minimum atomic E-state index is 0.514. The molecule has 0 aliphatic carbocycles. The van der Waals surface area contributed by atoms with E-state index in [1.165, 1.54) is 0 Å². The fraction of sp³-hybridized carbons (Fsp3) is 0.333. The van der Waals surface area contributed by atoms with Crippen molar-refractivity contribution in [2.75, 3.05) is 6.61 Å². The maximum absolute atomic E-state index is 4.84. The van der Waals surface area contributed by atoms with Gasteiger partial charge in [0.25, 0.3) is 0 Å². The first kappa shape index (κ1) is 10.6. The van der Waals surface area contributed by atoms with Crippen molar-refractivity contribution in [2.45, 2.75) is 13.3 Å². The Labute approximate surface area is 73.1 Å². The van der Waals surface area contributed by atoms with E-state index < -0.39 is 0 Å². The summed E-state index contributed by atoms with van der Waals surface area (Å²) in [7, 11) is 0. The molecular formula is C9H14N2O. The number of allylic oxidation sites excluding steroid dienone is 1. The van der Waals surface area contributed by atoms with E-state index in [-0.39, 0.29) is 0 Å². The van der Waals surface area contributed by atoms with Gasteiger partial charge in [-0.3, -0.25) is 4.99 Å². The summed E-state index contributed by atoms with van der Waals surface area (Å²) >= 11 is 0. The molecule has 0 N–H and O–H groups in total. The van der Waals surface area contributed by atoms with Gasteiger partial charge >= 0.3 is 0 Å². The molecule has 0 radical (unpaired) electrons. The zero-order valence-electron chi connectivity index (χ0n) is 7.36. The topological polar surface area (TPSA) is 34.0 Å². The first-order valence-electron chi connectivity index (χ1n) is 3.72. The van der Waals surface area contributed by atoms with Crippen molar-refractivity contribution in [1.29, 1.82) is 0 Å². The van der Waals surface area contributed by atoms with Crippen molar-refractivity contribution < 1.29 is 4.84 Å². The number of hydrogen-bond acceptors (Lipinski definition) is 3. The first-order chi connectivity index (χ1) is 5.89. The van der Waals surface area contributed by atoms with Gasteiger partial charge in [-0.1, -0.05) is 5.16 Å². The minimum absolute atomic E-state index is 0.514. The Hall–Kier alpha value is -1.38. The lowest BCUT2D eigenvalue weighted by molar-refractivity contribution is 0.175. The van der Waals surface area contributed by atoms with Crippen molar-refractivity contribution in [1.82, 2.24) is 0 Å². The fourth-order valence-corrected chi connectivity index (χ4v) is 0.593. The molecule has 66 valence electrons. The Morgan fingerprint density at radius 3 is 2.92 bits per heavy atom. The summed E-state index contributed by atoms with van der Waals surface area (Å²) in [5, 5.41) is 3.66. The predicted molar refractivity (Wildman–Crippen MR) is 52.6 cm³/mol. The number of rotatable bonds is 0. The van der Waals surface area contributed by atoms with Gasteiger partial charge in [-0.2, -0.15) is 0 Å². The molecule has 0 bridgehead atoms. The minimum Gasteiger partial charge on any atom is -0.392 e. The molecule has 1 aliphatic rings. The van der Waals surface area contributed by atoms with Crippen LogP contribution in [0.2, 0.25) is 0 Å². The van der Waals surface area contributed by atoms with Crippen LogP contribution in [0.15, 0.2) is 35.1 Å². The summed E-state index contributed by atoms with van der Waals surface area (Å²) in [4.78, 5) is 8.95. The van der Waals surface area contributed by atoms with Gasteiger partial charge in [0, 0.05) is 24.5 Å². The van der Waals surface area contributed by atoms with Gasteiger partial charge in [-0.15, -0.1) is 13.2 Å². The molecule has 0 fully saturated rings. The van der Waals surface area contributed by atoms with Crippen LogP contribution in [0.25, 0.3) is 0 Å². The van der Waals surface area contributed by atoms with E-state index in [1.54, 1.807) is 6.21 Å². The normalized spacial score (nSPS) is 22.6. The van der Waals surface area contributed by atoms with Crippen LogP contribution < -0.4 is 0 Å². The zero-order chi connectivity index (χ0) is 9.23. The molecule has 3 heteroatoms. The molecule has 0 saturated heterocycles. The molecule has 0 unspecified atom stereocenters. The molecule has 0 aromatic carbocycles. The summed E-state index contributed by atoms with van der Waals surface area (Å²) in [6, 6.07) is 0. The third-order valence-corrected chi connectivity index (χ3v) is 1.11. The Kier molecular flexibility index (Phi) is 6.84. The van der Waals surface area contributed by atoms with Crippen LogP contribution in [0, 0.1) is 0 Å². The van der Waals surface area contributed by atoms with Crippen LogP contribution in [0.1, 0.15) is 13.3 Å². The highest BCUT2D eigenvalue weighted by Gasteiger charge is 1.85. The molecule has 0 spiro atoms. The molecule has 1 aliphatic heterocycles. The van der Waals surface area contributed by atoms with Gasteiger partial charge in [0.15, 0.2) is 0 Å². The number of aliphatic imine (C=N–C) groups is 1. The number of nitrogens with zero attached hydrogens (tertiary/aromatic N) is 2. The summed E-state index contributed by atoms with van der Waals surface area (Å²) in [5.41, 5.74) is 0.977. The van der Waals surface area contributed by atoms with Crippen LogP contribution >= 0.6 is 0 Å². The van der Waals surface area contributed by atoms with E-state index >= 15 is 0 Å². The van der Waals surface area contributed by atoms with Crippen LogP contribution in [-0.2, 0) is 4.84 Å². The van der Waals surface area contributed by atoms with Crippen molar-refractivity contribution >= 4 is 12.4 Å². The van der Waals surface area contributed by atoms with Crippen molar-refractivity contribution in [3.05, 3.63) is 24.9 Å². The maximum Gasteiger partial charge on any atom is 0.137 e. The molecule has 0 amide bonds. The van der Waals surface area contributed by atoms with Crippen molar-refractivity contribution in [3.8, 4) is 0 Å². The van der Waals surface area contributed by atoms with Crippen LogP contribution in [-0.4, -0.2) is 19.0 Å². The Bertz CT molecular complexity index is 195. The second kappa shape index (κ2) is 7.72. The highest BCUT2D eigenvalue weighted by molar-refractivity contribution is 5.79. The second-order valence-electron chi connectivity index (χ2n) is 1.98. The van der Waals surface area contributed by atoms with E-state index in [9.17, 15) is 0 Å². The molecule has 0 atom stereocenters. The van der Waals surface area contributed by atoms with Crippen molar-refractivity contribution in [3.63, 3.8) is 0 Å². The monoisotopic (exact) mass is 166 g/mol.